The second-order valence-electron chi connectivity index (χ2n) is 5.59. The van der Waals surface area contributed by atoms with E-state index in [1.54, 1.807) is 6.07 Å². The summed E-state index contributed by atoms with van der Waals surface area (Å²) >= 11 is 5.93. The molecule has 3 aromatic rings. The summed E-state index contributed by atoms with van der Waals surface area (Å²) in [6, 6.07) is 9.27. The molecule has 0 bridgehead atoms. The summed E-state index contributed by atoms with van der Waals surface area (Å²) in [5, 5.41) is 3.05. The van der Waals surface area contributed by atoms with Gasteiger partial charge in [-0.15, -0.1) is 0 Å². The lowest BCUT2D eigenvalue weighted by atomic mass is 10.1. The van der Waals surface area contributed by atoms with Gasteiger partial charge in [0.15, 0.2) is 0 Å². The van der Waals surface area contributed by atoms with Crippen molar-refractivity contribution in [3.63, 3.8) is 0 Å². The first-order valence-corrected chi connectivity index (χ1v) is 7.85. The number of halogens is 4. The van der Waals surface area contributed by atoms with Gasteiger partial charge in [-0.05, 0) is 24.3 Å². The minimum absolute atomic E-state index is 0.0730. The normalized spacial score (nSPS) is 11.6. The van der Waals surface area contributed by atoms with Crippen LogP contribution in [-0.2, 0) is 6.18 Å². The second-order valence-corrected chi connectivity index (χ2v) is 6.03. The van der Waals surface area contributed by atoms with Crippen LogP contribution in [0, 0.1) is 0 Å². The molecule has 0 radical (unpaired) electrons. The third-order valence-corrected chi connectivity index (χ3v) is 4.07. The molecule has 3 rings (SSSR count). The summed E-state index contributed by atoms with van der Waals surface area (Å²) in [6.45, 7) is 1.31. The highest BCUT2D eigenvalue weighted by atomic mass is 35.5. The second kappa shape index (κ2) is 6.49. The summed E-state index contributed by atoms with van der Waals surface area (Å²) in [5.74, 6) is -1.11. The number of fused-ring (bicyclic) bond motifs is 1. The average Bonchev–Trinajstić information content (AvgIpc) is 2.93. The molecular weight excluding hydrogens is 369 g/mol. The zero-order chi connectivity index (χ0) is 19.1. The van der Waals surface area contributed by atoms with Crippen LogP contribution in [0.25, 0.3) is 10.9 Å². The Labute approximate surface area is 151 Å². The maximum atomic E-state index is 13.1. The van der Waals surface area contributed by atoms with Crippen molar-refractivity contribution in [2.75, 3.05) is 5.32 Å². The van der Waals surface area contributed by atoms with Gasteiger partial charge in [0.2, 0.25) is 5.91 Å². The molecule has 0 atom stereocenters. The van der Waals surface area contributed by atoms with Crippen LogP contribution in [0.15, 0.2) is 48.7 Å². The minimum Gasteiger partial charge on any atom is -0.321 e. The lowest BCUT2D eigenvalue weighted by molar-refractivity contribution is -0.136. The molecule has 0 unspecified atom stereocenters. The number of hydrogen-bond donors (Lipinski definition) is 1. The Kier molecular flexibility index (Phi) is 4.50. The monoisotopic (exact) mass is 380 g/mol. The number of rotatable bonds is 2. The van der Waals surface area contributed by atoms with Gasteiger partial charge in [0.25, 0.3) is 5.91 Å². The van der Waals surface area contributed by atoms with Gasteiger partial charge in [0, 0.05) is 23.5 Å². The molecule has 0 fully saturated rings. The number of hydrogen-bond acceptors (Lipinski definition) is 2. The van der Waals surface area contributed by atoms with Gasteiger partial charge in [0.05, 0.1) is 22.3 Å². The number of carbonyl (C=O) groups is 2. The molecule has 2 aromatic carbocycles. The van der Waals surface area contributed by atoms with Gasteiger partial charge in [-0.25, -0.2) is 0 Å². The fraction of sp³-hybridized carbons (Fsp3) is 0.111. The molecule has 26 heavy (non-hydrogen) atoms. The van der Waals surface area contributed by atoms with Crippen molar-refractivity contribution in [3.8, 4) is 0 Å². The van der Waals surface area contributed by atoms with E-state index in [1.807, 2.05) is 0 Å². The highest BCUT2D eigenvalue weighted by Gasteiger charge is 2.33. The lowest BCUT2D eigenvalue weighted by Crippen LogP contribution is -2.16. The van der Waals surface area contributed by atoms with Crippen LogP contribution in [0.3, 0.4) is 0 Å². The Balaban J connectivity index is 2.06. The molecule has 0 aliphatic heterocycles. The number of nitrogens with one attached hydrogen (secondary N) is 1. The fourth-order valence-corrected chi connectivity index (χ4v) is 2.84. The predicted molar refractivity (Wildman–Crippen MR) is 92.6 cm³/mol. The van der Waals surface area contributed by atoms with Gasteiger partial charge in [-0.3, -0.25) is 14.2 Å². The van der Waals surface area contributed by atoms with Crippen molar-refractivity contribution in [1.29, 1.82) is 0 Å². The SMILES string of the molecule is CC(=O)n1cc(C(=O)Nc2ccccc2C(F)(F)F)c2ccc(Cl)cc21. The third kappa shape index (κ3) is 3.30. The van der Waals surface area contributed by atoms with Crippen molar-refractivity contribution < 1.29 is 22.8 Å². The molecule has 1 aromatic heterocycles. The summed E-state index contributed by atoms with van der Waals surface area (Å²) in [7, 11) is 0. The highest BCUT2D eigenvalue weighted by Crippen LogP contribution is 2.35. The van der Waals surface area contributed by atoms with Crippen LogP contribution >= 0.6 is 11.6 Å². The number of aromatic nitrogens is 1. The summed E-state index contributed by atoms with van der Waals surface area (Å²) in [4.78, 5) is 24.4. The van der Waals surface area contributed by atoms with Crippen LogP contribution in [0.5, 0.6) is 0 Å². The number of para-hydroxylation sites is 1. The van der Waals surface area contributed by atoms with Gasteiger partial charge in [-0.1, -0.05) is 29.8 Å². The molecule has 0 aliphatic rings. The van der Waals surface area contributed by atoms with Gasteiger partial charge in [-0.2, -0.15) is 13.2 Å². The molecule has 1 N–H and O–H groups in total. The largest absolute Gasteiger partial charge is 0.418 e. The molecule has 0 spiro atoms. The van der Waals surface area contributed by atoms with E-state index in [1.165, 1.54) is 48.0 Å². The van der Waals surface area contributed by atoms with Crippen LogP contribution in [0.2, 0.25) is 5.02 Å². The van der Waals surface area contributed by atoms with E-state index >= 15 is 0 Å². The zero-order valence-electron chi connectivity index (χ0n) is 13.4. The Morgan fingerprint density at radius 2 is 1.81 bits per heavy atom. The average molecular weight is 381 g/mol. The molecular formula is C18H12ClF3N2O2. The van der Waals surface area contributed by atoms with Crippen LogP contribution in [-0.4, -0.2) is 16.4 Å². The Morgan fingerprint density at radius 1 is 1.12 bits per heavy atom. The predicted octanol–water partition coefficient (Wildman–Crippen LogP) is 5.23. The van der Waals surface area contributed by atoms with Crippen molar-refractivity contribution in [3.05, 3.63) is 64.8 Å². The summed E-state index contributed by atoms with van der Waals surface area (Å²) in [6.07, 6.45) is -3.32. The van der Waals surface area contributed by atoms with Gasteiger partial charge < -0.3 is 5.32 Å². The van der Waals surface area contributed by atoms with E-state index in [4.69, 9.17) is 11.6 Å². The number of benzene rings is 2. The Morgan fingerprint density at radius 3 is 2.46 bits per heavy atom. The quantitative estimate of drug-likeness (QED) is 0.662. The van der Waals surface area contributed by atoms with Crippen LogP contribution in [0.4, 0.5) is 18.9 Å². The standard InChI is InChI=1S/C18H12ClF3N2O2/c1-10(25)24-9-13(12-7-6-11(19)8-16(12)24)17(26)23-15-5-3-2-4-14(15)18(20,21)22/h2-9H,1H3,(H,23,26). The van der Waals surface area contributed by atoms with E-state index in [9.17, 15) is 22.8 Å². The third-order valence-electron chi connectivity index (χ3n) is 3.83. The van der Waals surface area contributed by atoms with Crippen molar-refractivity contribution in [1.82, 2.24) is 4.57 Å². The van der Waals surface area contributed by atoms with Crippen molar-refractivity contribution >= 4 is 40.0 Å². The smallest absolute Gasteiger partial charge is 0.321 e. The fourth-order valence-electron chi connectivity index (χ4n) is 2.67. The van der Waals surface area contributed by atoms with E-state index in [0.717, 1.165) is 6.07 Å². The number of amides is 1. The number of carbonyl (C=O) groups excluding carboxylic acids is 2. The molecule has 1 heterocycles. The number of alkyl halides is 3. The van der Waals surface area contributed by atoms with Gasteiger partial charge in [0.1, 0.15) is 0 Å². The molecule has 0 saturated heterocycles. The number of nitrogens with zero attached hydrogens (tertiary/aromatic N) is 1. The molecule has 1 amide bonds. The van der Waals surface area contributed by atoms with E-state index < -0.39 is 17.6 Å². The first-order valence-electron chi connectivity index (χ1n) is 7.47. The van der Waals surface area contributed by atoms with E-state index in [2.05, 4.69) is 5.32 Å². The Hall–Kier alpha value is -2.80. The zero-order valence-corrected chi connectivity index (χ0v) is 14.2. The lowest BCUT2D eigenvalue weighted by Gasteiger charge is -2.13. The number of anilines is 1. The van der Waals surface area contributed by atoms with Crippen LogP contribution < -0.4 is 5.32 Å². The molecule has 8 heteroatoms. The molecule has 0 saturated carbocycles. The molecule has 0 aliphatic carbocycles. The summed E-state index contributed by atoms with van der Waals surface area (Å²) in [5.41, 5.74) is -0.836. The van der Waals surface area contributed by atoms with E-state index in [0.29, 0.717) is 15.9 Å². The first-order chi connectivity index (χ1) is 12.2. The first kappa shape index (κ1) is 18.0. The maximum Gasteiger partial charge on any atom is 0.418 e. The molecule has 4 nitrogen and oxygen atoms in total. The minimum atomic E-state index is -4.61. The molecule has 134 valence electrons. The highest BCUT2D eigenvalue weighted by molar-refractivity contribution is 6.31. The van der Waals surface area contributed by atoms with Crippen molar-refractivity contribution in [2.24, 2.45) is 0 Å². The Bertz CT molecular complexity index is 1020. The van der Waals surface area contributed by atoms with Crippen molar-refractivity contribution in [2.45, 2.75) is 13.1 Å². The van der Waals surface area contributed by atoms with Gasteiger partial charge >= 0.3 is 6.18 Å². The van der Waals surface area contributed by atoms with E-state index in [-0.39, 0.29) is 17.2 Å². The topological polar surface area (TPSA) is 51.1 Å². The van der Waals surface area contributed by atoms with Crippen LogP contribution in [0.1, 0.15) is 27.6 Å². The maximum absolute atomic E-state index is 13.1. The summed E-state index contributed by atoms with van der Waals surface area (Å²) < 4.78 is 40.5.